The number of benzene rings is 1. The Morgan fingerprint density at radius 1 is 1.20 bits per heavy atom. The number of nitrogens with zero attached hydrogens (tertiary/aromatic N) is 3. The molecule has 25 heavy (non-hydrogen) atoms. The number of carbonyl (C=O) groups is 1. The fraction of sp³-hybridized carbons (Fsp3) is 0.389. The molecule has 0 saturated heterocycles. The number of nitrogens with one attached hydrogen (secondary N) is 1. The monoisotopic (exact) mass is 342 g/mol. The van der Waals surface area contributed by atoms with Gasteiger partial charge in [0.05, 0.1) is 38.2 Å². The fourth-order valence-electron chi connectivity index (χ4n) is 2.94. The maximum atomic E-state index is 12.6. The molecule has 2 amide bonds. The number of aromatic nitrogens is 2. The molecule has 2 heterocycles. The van der Waals surface area contributed by atoms with Crippen LogP contribution in [0.5, 0.6) is 11.5 Å². The van der Waals surface area contributed by atoms with Crippen LogP contribution in [0, 0.1) is 0 Å². The number of rotatable bonds is 4. The minimum absolute atomic E-state index is 0.123. The average Bonchev–Trinajstić information content (AvgIpc) is 2.66. The Balaban J connectivity index is 1.69. The molecular weight excluding hydrogens is 320 g/mol. The molecule has 2 aromatic rings. The van der Waals surface area contributed by atoms with Crippen LogP contribution in [0.1, 0.15) is 29.9 Å². The van der Waals surface area contributed by atoms with E-state index in [-0.39, 0.29) is 12.1 Å². The molecular formula is C18H22N4O3. The van der Waals surface area contributed by atoms with Gasteiger partial charge >= 0.3 is 6.03 Å². The molecule has 1 atom stereocenters. The van der Waals surface area contributed by atoms with Gasteiger partial charge in [0, 0.05) is 37.0 Å². The van der Waals surface area contributed by atoms with Gasteiger partial charge < -0.3 is 19.7 Å². The summed E-state index contributed by atoms with van der Waals surface area (Å²) in [4.78, 5) is 23.0. The van der Waals surface area contributed by atoms with Gasteiger partial charge in [0.15, 0.2) is 0 Å². The van der Waals surface area contributed by atoms with E-state index in [0.29, 0.717) is 24.6 Å². The second-order valence-corrected chi connectivity index (χ2v) is 5.90. The third kappa shape index (κ3) is 3.65. The third-order valence-corrected chi connectivity index (χ3v) is 4.35. The smallest absolute Gasteiger partial charge is 0.318 e. The summed E-state index contributed by atoms with van der Waals surface area (Å²) in [5.41, 5.74) is 2.73. The first-order chi connectivity index (χ1) is 12.1. The van der Waals surface area contributed by atoms with Gasteiger partial charge in [-0.2, -0.15) is 0 Å². The van der Waals surface area contributed by atoms with Crippen LogP contribution >= 0.6 is 0 Å². The van der Waals surface area contributed by atoms with Crippen molar-refractivity contribution in [2.24, 2.45) is 0 Å². The van der Waals surface area contributed by atoms with Crippen molar-refractivity contribution < 1.29 is 14.3 Å². The topological polar surface area (TPSA) is 76.6 Å². The number of hydrogen-bond acceptors (Lipinski definition) is 5. The van der Waals surface area contributed by atoms with Crippen LogP contribution in [0.25, 0.3) is 0 Å². The van der Waals surface area contributed by atoms with Crippen LogP contribution in [0.15, 0.2) is 30.6 Å². The number of fused-ring (bicyclic) bond motifs is 1. The molecule has 1 aromatic heterocycles. The highest BCUT2D eigenvalue weighted by molar-refractivity contribution is 5.75. The molecule has 0 bridgehead atoms. The maximum absolute atomic E-state index is 12.6. The summed E-state index contributed by atoms with van der Waals surface area (Å²) in [5, 5.41) is 3.03. The first kappa shape index (κ1) is 17.0. The van der Waals surface area contributed by atoms with Gasteiger partial charge in [-0.05, 0) is 19.1 Å². The second-order valence-electron chi connectivity index (χ2n) is 5.90. The molecule has 0 aliphatic carbocycles. The van der Waals surface area contributed by atoms with E-state index in [0.717, 1.165) is 23.4 Å². The van der Waals surface area contributed by atoms with Crippen LogP contribution < -0.4 is 14.8 Å². The molecule has 3 rings (SSSR count). The van der Waals surface area contributed by atoms with E-state index in [4.69, 9.17) is 9.47 Å². The molecule has 0 radical (unpaired) electrons. The average molecular weight is 342 g/mol. The molecule has 1 aliphatic heterocycles. The van der Waals surface area contributed by atoms with E-state index in [9.17, 15) is 4.79 Å². The summed E-state index contributed by atoms with van der Waals surface area (Å²) in [6.45, 7) is 3.03. The number of hydrogen-bond donors (Lipinski definition) is 1. The van der Waals surface area contributed by atoms with Crippen molar-refractivity contribution in [3.05, 3.63) is 47.5 Å². The van der Waals surface area contributed by atoms with E-state index in [1.165, 1.54) is 0 Å². The number of ether oxygens (including phenoxy) is 2. The van der Waals surface area contributed by atoms with Crippen LogP contribution in [-0.2, 0) is 13.0 Å². The molecule has 0 saturated carbocycles. The highest BCUT2D eigenvalue weighted by Crippen LogP contribution is 2.29. The summed E-state index contributed by atoms with van der Waals surface area (Å²) < 4.78 is 10.6. The molecule has 0 fully saturated rings. The Morgan fingerprint density at radius 2 is 1.96 bits per heavy atom. The van der Waals surface area contributed by atoms with E-state index < -0.39 is 0 Å². The molecule has 1 N–H and O–H groups in total. The van der Waals surface area contributed by atoms with Crippen molar-refractivity contribution in [2.45, 2.75) is 25.9 Å². The predicted molar refractivity (Wildman–Crippen MR) is 92.6 cm³/mol. The third-order valence-electron chi connectivity index (χ3n) is 4.35. The Bertz CT molecular complexity index is 766. The first-order valence-corrected chi connectivity index (χ1v) is 8.18. The Hall–Kier alpha value is -2.83. The molecule has 0 unspecified atom stereocenters. The second kappa shape index (κ2) is 7.38. The number of carbonyl (C=O) groups excluding carboxylic acids is 1. The lowest BCUT2D eigenvalue weighted by atomic mass is 10.1. The van der Waals surface area contributed by atoms with Crippen LogP contribution in [0.3, 0.4) is 0 Å². The molecule has 132 valence electrons. The highest BCUT2D eigenvalue weighted by atomic mass is 16.5. The van der Waals surface area contributed by atoms with E-state index in [1.54, 1.807) is 31.5 Å². The van der Waals surface area contributed by atoms with Gasteiger partial charge in [-0.15, -0.1) is 0 Å². The van der Waals surface area contributed by atoms with Crippen molar-refractivity contribution in [2.75, 3.05) is 20.8 Å². The van der Waals surface area contributed by atoms with E-state index in [2.05, 4.69) is 15.3 Å². The summed E-state index contributed by atoms with van der Waals surface area (Å²) in [5.74, 6) is 1.40. The number of urea groups is 1. The van der Waals surface area contributed by atoms with Crippen molar-refractivity contribution in [1.82, 2.24) is 20.2 Å². The van der Waals surface area contributed by atoms with Crippen molar-refractivity contribution >= 4 is 6.03 Å². The first-order valence-electron chi connectivity index (χ1n) is 8.18. The lowest BCUT2D eigenvalue weighted by Crippen LogP contribution is -2.44. The van der Waals surface area contributed by atoms with Crippen LogP contribution in [0.2, 0.25) is 0 Å². The quantitative estimate of drug-likeness (QED) is 0.923. The predicted octanol–water partition coefficient (Wildman–Crippen LogP) is 2.32. The zero-order valence-corrected chi connectivity index (χ0v) is 14.7. The summed E-state index contributed by atoms with van der Waals surface area (Å²) >= 11 is 0. The molecule has 7 nitrogen and oxygen atoms in total. The fourth-order valence-corrected chi connectivity index (χ4v) is 2.94. The Labute approximate surface area is 147 Å². The van der Waals surface area contributed by atoms with Crippen molar-refractivity contribution in [3.63, 3.8) is 0 Å². The van der Waals surface area contributed by atoms with Gasteiger partial charge in [0.25, 0.3) is 0 Å². The summed E-state index contributed by atoms with van der Waals surface area (Å²) in [7, 11) is 3.21. The number of methoxy groups -OCH3 is 2. The largest absolute Gasteiger partial charge is 0.497 e. The van der Waals surface area contributed by atoms with Gasteiger partial charge in [-0.25, -0.2) is 4.79 Å². The van der Waals surface area contributed by atoms with Gasteiger partial charge in [0.1, 0.15) is 11.5 Å². The SMILES string of the molecule is COc1ccc([C@@H](C)NC(=O)N2CCc3nccnc3C2)c(OC)c1. The zero-order chi connectivity index (χ0) is 17.8. The Kier molecular flexibility index (Phi) is 5.02. The lowest BCUT2D eigenvalue weighted by Gasteiger charge is -2.29. The van der Waals surface area contributed by atoms with Crippen LogP contribution in [0.4, 0.5) is 4.79 Å². The molecule has 1 aliphatic rings. The molecule has 7 heteroatoms. The normalized spacial score (nSPS) is 14.4. The van der Waals surface area contributed by atoms with E-state index in [1.807, 2.05) is 25.1 Å². The maximum Gasteiger partial charge on any atom is 0.318 e. The molecule has 0 spiro atoms. The zero-order valence-electron chi connectivity index (χ0n) is 14.7. The van der Waals surface area contributed by atoms with Gasteiger partial charge in [0.2, 0.25) is 0 Å². The number of amides is 2. The van der Waals surface area contributed by atoms with Gasteiger partial charge in [-0.3, -0.25) is 9.97 Å². The van der Waals surface area contributed by atoms with E-state index >= 15 is 0 Å². The summed E-state index contributed by atoms with van der Waals surface area (Å²) in [6.07, 6.45) is 4.06. The molecule has 1 aromatic carbocycles. The summed E-state index contributed by atoms with van der Waals surface area (Å²) in [6, 6.07) is 5.25. The minimum atomic E-state index is -0.198. The Morgan fingerprint density at radius 3 is 2.68 bits per heavy atom. The lowest BCUT2D eigenvalue weighted by molar-refractivity contribution is 0.187. The standard InChI is InChI=1S/C18H22N4O3/c1-12(14-5-4-13(24-2)10-17(14)25-3)21-18(23)22-9-6-15-16(11-22)20-8-7-19-15/h4-5,7-8,10,12H,6,9,11H2,1-3H3,(H,21,23)/t12-/m1/s1. The van der Waals surface area contributed by atoms with Gasteiger partial charge in [-0.1, -0.05) is 0 Å². The minimum Gasteiger partial charge on any atom is -0.497 e. The highest BCUT2D eigenvalue weighted by Gasteiger charge is 2.24. The van der Waals surface area contributed by atoms with Crippen molar-refractivity contribution in [3.8, 4) is 11.5 Å². The van der Waals surface area contributed by atoms with Crippen molar-refractivity contribution in [1.29, 1.82) is 0 Å². The van der Waals surface area contributed by atoms with Crippen LogP contribution in [-0.4, -0.2) is 41.7 Å².